The summed E-state index contributed by atoms with van der Waals surface area (Å²) in [6, 6.07) is 0. The monoisotopic (exact) mass is 279 g/mol. The zero-order chi connectivity index (χ0) is 14.7. The van der Waals surface area contributed by atoms with Crippen LogP contribution in [0.5, 0.6) is 0 Å². The van der Waals surface area contributed by atoms with Crippen molar-refractivity contribution in [1.29, 1.82) is 0 Å². The zero-order valence-electron chi connectivity index (χ0n) is 12.7. The van der Waals surface area contributed by atoms with Crippen LogP contribution in [-0.4, -0.2) is 21.9 Å². The van der Waals surface area contributed by atoms with Crippen LogP contribution in [0.4, 0.5) is 5.69 Å². The zero-order valence-corrected chi connectivity index (χ0v) is 12.7. The Hall–Kier alpha value is -1.52. The van der Waals surface area contributed by atoms with E-state index in [4.69, 9.17) is 10.5 Å². The molecule has 112 valence electrons. The number of nitrogen functional groups attached to an aromatic ring is 1. The van der Waals surface area contributed by atoms with Crippen molar-refractivity contribution in [2.24, 2.45) is 13.0 Å². The number of anilines is 1. The number of carbonyl (C=O) groups is 1. The fourth-order valence-electron chi connectivity index (χ4n) is 2.96. The minimum atomic E-state index is -0.336. The van der Waals surface area contributed by atoms with Gasteiger partial charge in [0, 0.05) is 7.05 Å². The van der Waals surface area contributed by atoms with Crippen molar-refractivity contribution in [3.05, 3.63) is 11.4 Å². The van der Waals surface area contributed by atoms with Crippen LogP contribution < -0.4 is 5.73 Å². The molecule has 1 saturated carbocycles. The van der Waals surface area contributed by atoms with Gasteiger partial charge in [0.25, 0.3) is 0 Å². The number of nitrogens with zero attached hydrogens (tertiary/aromatic N) is 2. The summed E-state index contributed by atoms with van der Waals surface area (Å²) in [7, 11) is 1.74. The summed E-state index contributed by atoms with van der Waals surface area (Å²) in [6.45, 7) is 4.19. The molecule has 0 amide bonds. The Kier molecular flexibility index (Phi) is 4.68. The normalized spacial score (nSPS) is 22.8. The van der Waals surface area contributed by atoms with Crippen molar-refractivity contribution < 1.29 is 9.53 Å². The molecule has 2 rings (SSSR count). The van der Waals surface area contributed by atoms with E-state index in [1.807, 2.05) is 6.92 Å². The molecule has 20 heavy (non-hydrogen) atoms. The SMILES string of the molecule is CCc1nn(C)c(C(=O)OC2CCC(CC)CC2)c1N. The predicted octanol–water partition coefficient (Wildman–Crippen LogP) is 2.69. The van der Waals surface area contributed by atoms with Gasteiger partial charge in [0.05, 0.1) is 11.4 Å². The second-order valence-electron chi connectivity index (χ2n) is 5.64. The molecule has 0 aromatic carbocycles. The lowest BCUT2D eigenvalue weighted by molar-refractivity contribution is 0.0154. The molecule has 0 aliphatic heterocycles. The van der Waals surface area contributed by atoms with E-state index in [0.717, 1.165) is 37.3 Å². The third-order valence-corrected chi connectivity index (χ3v) is 4.33. The molecule has 1 fully saturated rings. The number of ether oxygens (including phenoxy) is 1. The van der Waals surface area contributed by atoms with E-state index in [9.17, 15) is 4.79 Å². The highest BCUT2D eigenvalue weighted by atomic mass is 16.5. The van der Waals surface area contributed by atoms with Crippen molar-refractivity contribution in [2.45, 2.75) is 58.5 Å². The minimum absolute atomic E-state index is 0.0321. The number of hydrogen-bond acceptors (Lipinski definition) is 4. The standard InChI is InChI=1S/C15H25N3O2/c1-4-10-6-8-11(9-7-10)20-15(19)14-13(16)12(5-2)17-18(14)3/h10-11H,4-9,16H2,1-3H3. The summed E-state index contributed by atoms with van der Waals surface area (Å²) in [6.07, 6.45) is 6.18. The summed E-state index contributed by atoms with van der Waals surface area (Å²) >= 11 is 0. The molecule has 0 radical (unpaired) electrons. The number of hydrogen-bond donors (Lipinski definition) is 1. The van der Waals surface area contributed by atoms with E-state index in [2.05, 4.69) is 12.0 Å². The summed E-state index contributed by atoms with van der Waals surface area (Å²) in [4.78, 5) is 12.3. The fourth-order valence-corrected chi connectivity index (χ4v) is 2.96. The van der Waals surface area contributed by atoms with Crippen LogP contribution >= 0.6 is 0 Å². The molecule has 1 aliphatic carbocycles. The van der Waals surface area contributed by atoms with Crippen LogP contribution in [0.25, 0.3) is 0 Å². The van der Waals surface area contributed by atoms with Gasteiger partial charge >= 0.3 is 5.97 Å². The average Bonchev–Trinajstić information content (AvgIpc) is 2.74. The lowest BCUT2D eigenvalue weighted by Crippen LogP contribution is -2.25. The molecule has 0 unspecified atom stereocenters. The van der Waals surface area contributed by atoms with Crippen molar-refractivity contribution in [2.75, 3.05) is 5.73 Å². The average molecular weight is 279 g/mol. The van der Waals surface area contributed by atoms with Gasteiger partial charge in [0.1, 0.15) is 6.10 Å². The molecule has 5 heteroatoms. The quantitative estimate of drug-likeness (QED) is 0.860. The number of esters is 1. The molecule has 1 aromatic rings. The first kappa shape index (κ1) is 14.9. The highest BCUT2D eigenvalue weighted by Crippen LogP contribution is 2.29. The van der Waals surface area contributed by atoms with Crippen molar-refractivity contribution in [3.8, 4) is 0 Å². The Bertz CT molecular complexity index is 474. The van der Waals surface area contributed by atoms with Crippen LogP contribution in [0, 0.1) is 5.92 Å². The first-order valence-electron chi connectivity index (χ1n) is 7.59. The lowest BCUT2D eigenvalue weighted by atomic mass is 9.86. The number of aryl methyl sites for hydroxylation is 2. The Morgan fingerprint density at radius 3 is 2.50 bits per heavy atom. The Balaban J connectivity index is 2.01. The van der Waals surface area contributed by atoms with Gasteiger partial charge in [-0.2, -0.15) is 5.10 Å². The van der Waals surface area contributed by atoms with Crippen LogP contribution in [-0.2, 0) is 18.2 Å². The second kappa shape index (κ2) is 6.29. The predicted molar refractivity (Wildman–Crippen MR) is 78.5 cm³/mol. The molecule has 0 bridgehead atoms. The van der Waals surface area contributed by atoms with Gasteiger partial charge in [-0.3, -0.25) is 4.68 Å². The third-order valence-electron chi connectivity index (χ3n) is 4.33. The van der Waals surface area contributed by atoms with Crippen molar-refractivity contribution >= 4 is 11.7 Å². The van der Waals surface area contributed by atoms with E-state index in [-0.39, 0.29) is 12.1 Å². The highest BCUT2D eigenvalue weighted by molar-refractivity contribution is 5.93. The van der Waals surface area contributed by atoms with Gasteiger partial charge in [0.2, 0.25) is 0 Å². The van der Waals surface area contributed by atoms with E-state index in [1.54, 1.807) is 7.05 Å². The fraction of sp³-hybridized carbons (Fsp3) is 0.733. The highest BCUT2D eigenvalue weighted by Gasteiger charge is 2.26. The largest absolute Gasteiger partial charge is 0.458 e. The molecule has 0 atom stereocenters. The maximum atomic E-state index is 12.3. The molecule has 0 spiro atoms. The number of nitrogens with two attached hydrogens (primary N) is 1. The molecule has 1 aliphatic rings. The van der Waals surface area contributed by atoms with Gasteiger partial charge in [0.15, 0.2) is 5.69 Å². The lowest BCUT2D eigenvalue weighted by Gasteiger charge is -2.27. The molecule has 1 aromatic heterocycles. The Labute approximate surface area is 120 Å². The van der Waals surface area contributed by atoms with Gasteiger partial charge in [-0.25, -0.2) is 4.79 Å². The molecule has 5 nitrogen and oxygen atoms in total. The topological polar surface area (TPSA) is 70.1 Å². The van der Waals surface area contributed by atoms with Crippen molar-refractivity contribution in [3.63, 3.8) is 0 Å². The summed E-state index contributed by atoms with van der Waals surface area (Å²) in [5, 5.41) is 4.26. The van der Waals surface area contributed by atoms with Crippen LogP contribution in [0.15, 0.2) is 0 Å². The molecular formula is C15H25N3O2. The number of carbonyl (C=O) groups excluding carboxylic acids is 1. The Morgan fingerprint density at radius 1 is 1.35 bits per heavy atom. The van der Waals surface area contributed by atoms with E-state index in [0.29, 0.717) is 17.8 Å². The third kappa shape index (κ3) is 2.97. The van der Waals surface area contributed by atoms with Gasteiger partial charge in [-0.1, -0.05) is 20.3 Å². The summed E-state index contributed by atoms with van der Waals surface area (Å²) < 4.78 is 7.15. The van der Waals surface area contributed by atoms with Gasteiger partial charge < -0.3 is 10.5 Å². The number of aromatic nitrogens is 2. The summed E-state index contributed by atoms with van der Waals surface area (Å²) in [5.41, 5.74) is 7.59. The van der Waals surface area contributed by atoms with E-state index >= 15 is 0 Å². The second-order valence-corrected chi connectivity index (χ2v) is 5.64. The first-order valence-corrected chi connectivity index (χ1v) is 7.59. The number of rotatable bonds is 4. The minimum Gasteiger partial charge on any atom is -0.458 e. The van der Waals surface area contributed by atoms with Gasteiger partial charge in [-0.05, 0) is 38.0 Å². The molecule has 0 saturated heterocycles. The van der Waals surface area contributed by atoms with Crippen LogP contribution in [0.2, 0.25) is 0 Å². The van der Waals surface area contributed by atoms with Crippen molar-refractivity contribution in [1.82, 2.24) is 9.78 Å². The van der Waals surface area contributed by atoms with E-state index < -0.39 is 0 Å². The maximum Gasteiger partial charge on any atom is 0.359 e. The molecule has 1 heterocycles. The summed E-state index contributed by atoms with van der Waals surface area (Å²) in [5.74, 6) is 0.454. The van der Waals surface area contributed by atoms with E-state index in [1.165, 1.54) is 11.1 Å². The maximum absolute atomic E-state index is 12.3. The molecular weight excluding hydrogens is 254 g/mol. The Morgan fingerprint density at radius 2 is 2.00 bits per heavy atom. The van der Waals surface area contributed by atoms with Crippen LogP contribution in [0.1, 0.15) is 62.1 Å². The van der Waals surface area contributed by atoms with Crippen LogP contribution in [0.3, 0.4) is 0 Å². The molecule has 2 N–H and O–H groups in total. The first-order chi connectivity index (χ1) is 9.56. The van der Waals surface area contributed by atoms with Gasteiger partial charge in [-0.15, -0.1) is 0 Å². The smallest absolute Gasteiger partial charge is 0.359 e.